The van der Waals surface area contributed by atoms with E-state index in [0.717, 1.165) is 12.1 Å². The molecule has 0 saturated heterocycles. The molecule has 96 valence electrons. The molecule has 18 heavy (non-hydrogen) atoms. The van der Waals surface area contributed by atoms with Crippen molar-refractivity contribution in [2.45, 2.75) is 26.4 Å². The molecule has 1 aromatic carbocycles. The smallest absolute Gasteiger partial charge is 0.0705 e. The van der Waals surface area contributed by atoms with E-state index < -0.39 is 0 Å². The number of pyridine rings is 1. The zero-order valence-corrected chi connectivity index (χ0v) is 11.0. The molecule has 0 aliphatic rings. The zero-order valence-electron chi connectivity index (χ0n) is 11.0. The summed E-state index contributed by atoms with van der Waals surface area (Å²) in [7, 11) is 0. The maximum Gasteiger partial charge on any atom is 0.0705 e. The van der Waals surface area contributed by atoms with Gasteiger partial charge in [-0.3, -0.25) is 9.88 Å². The van der Waals surface area contributed by atoms with E-state index in [1.807, 2.05) is 24.4 Å². The Morgan fingerprint density at radius 3 is 2.72 bits per heavy atom. The predicted molar refractivity (Wildman–Crippen MR) is 74.4 cm³/mol. The molecule has 3 nitrogen and oxygen atoms in total. The lowest BCUT2D eigenvalue weighted by Gasteiger charge is -2.26. The second-order valence-corrected chi connectivity index (χ2v) is 4.78. The third kappa shape index (κ3) is 2.86. The monoisotopic (exact) mass is 244 g/mol. The molecule has 2 rings (SSSR count). The fourth-order valence-corrected chi connectivity index (χ4v) is 2.16. The molecule has 3 heteroatoms. The van der Waals surface area contributed by atoms with Gasteiger partial charge in [0.05, 0.1) is 12.1 Å². The average Bonchev–Trinajstić information content (AvgIpc) is 2.38. The Morgan fingerprint density at radius 2 is 2.00 bits per heavy atom. The van der Waals surface area contributed by atoms with Crippen molar-refractivity contribution in [3.8, 4) is 0 Å². The summed E-state index contributed by atoms with van der Waals surface area (Å²) in [5.74, 6) is 0. The van der Waals surface area contributed by atoms with Gasteiger partial charge in [0.15, 0.2) is 0 Å². The van der Waals surface area contributed by atoms with Crippen LogP contribution in [0.25, 0.3) is 10.9 Å². The molecule has 0 atom stereocenters. The van der Waals surface area contributed by atoms with Gasteiger partial charge in [-0.1, -0.05) is 18.2 Å². The molecule has 0 saturated carbocycles. The number of hydrogen-bond acceptors (Lipinski definition) is 3. The number of benzene rings is 1. The molecular weight excluding hydrogens is 224 g/mol. The van der Waals surface area contributed by atoms with Crippen LogP contribution in [0.15, 0.2) is 36.5 Å². The van der Waals surface area contributed by atoms with E-state index in [2.05, 4.69) is 35.9 Å². The Kier molecular flexibility index (Phi) is 4.28. The van der Waals surface area contributed by atoms with E-state index in [4.69, 9.17) is 5.11 Å². The highest BCUT2D eigenvalue weighted by Gasteiger charge is 2.11. The van der Waals surface area contributed by atoms with Gasteiger partial charge in [-0.2, -0.15) is 0 Å². The van der Waals surface area contributed by atoms with Gasteiger partial charge in [0.25, 0.3) is 0 Å². The molecule has 1 heterocycles. The number of aliphatic hydroxyl groups excluding tert-OH is 1. The van der Waals surface area contributed by atoms with E-state index in [0.29, 0.717) is 12.6 Å². The van der Waals surface area contributed by atoms with Crippen molar-refractivity contribution in [3.63, 3.8) is 0 Å². The van der Waals surface area contributed by atoms with Gasteiger partial charge in [0.1, 0.15) is 0 Å². The standard InChI is InChI=1S/C15H20N2O/c1-12(2)17(9-10-18)11-13-7-8-16-15-6-4-3-5-14(13)15/h3-8,12,18H,9-11H2,1-2H3. The first-order chi connectivity index (χ1) is 8.72. The summed E-state index contributed by atoms with van der Waals surface area (Å²) in [4.78, 5) is 6.64. The molecule has 2 aromatic rings. The minimum atomic E-state index is 0.196. The van der Waals surface area contributed by atoms with E-state index in [9.17, 15) is 0 Å². The van der Waals surface area contributed by atoms with Crippen molar-refractivity contribution in [1.82, 2.24) is 9.88 Å². The maximum absolute atomic E-state index is 9.12. The van der Waals surface area contributed by atoms with E-state index in [-0.39, 0.29) is 6.61 Å². The third-order valence-corrected chi connectivity index (χ3v) is 3.23. The number of hydrogen-bond donors (Lipinski definition) is 1. The Hall–Kier alpha value is -1.45. The third-order valence-electron chi connectivity index (χ3n) is 3.23. The summed E-state index contributed by atoms with van der Waals surface area (Å²) in [6.45, 7) is 6.05. The number of aromatic nitrogens is 1. The number of fused-ring (bicyclic) bond motifs is 1. The van der Waals surface area contributed by atoms with Crippen LogP contribution in [-0.2, 0) is 6.54 Å². The van der Waals surface area contributed by atoms with Gasteiger partial charge >= 0.3 is 0 Å². The number of para-hydroxylation sites is 1. The first kappa shape index (κ1) is 13.0. The van der Waals surface area contributed by atoms with Gasteiger partial charge in [0.2, 0.25) is 0 Å². The minimum Gasteiger partial charge on any atom is -0.395 e. The molecule has 0 radical (unpaired) electrons. The lowest BCUT2D eigenvalue weighted by Crippen LogP contribution is -2.32. The van der Waals surface area contributed by atoms with Gasteiger partial charge in [-0.15, -0.1) is 0 Å². The molecule has 0 bridgehead atoms. The van der Waals surface area contributed by atoms with E-state index in [1.54, 1.807) is 0 Å². The molecule has 0 aliphatic carbocycles. The summed E-state index contributed by atoms with van der Waals surface area (Å²) in [6, 6.07) is 10.7. The number of nitrogens with zero attached hydrogens (tertiary/aromatic N) is 2. The van der Waals surface area contributed by atoms with Crippen molar-refractivity contribution < 1.29 is 5.11 Å². The van der Waals surface area contributed by atoms with E-state index in [1.165, 1.54) is 10.9 Å². The van der Waals surface area contributed by atoms with Crippen molar-refractivity contribution in [2.75, 3.05) is 13.2 Å². The van der Waals surface area contributed by atoms with Crippen LogP contribution in [0.2, 0.25) is 0 Å². The molecule has 0 spiro atoms. The second kappa shape index (κ2) is 5.94. The second-order valence-electron chi connectivity index (χ2n) is 4.78. The van der Waals surface area contributed by atoms with Gasteiger partial charge < -0.3 is 5.11 Å². The highest BCUT2D eigenvalue weighted by atomic mass is 16.3. The number of aliphatic hydroxyl groups is 1. The largest absolute Gasteiger partial charge is 0.395 e. The van der Waals surface area contributed by atoms with Crippen molar-refractivity contribution in [2.24, 2.45) is 0 Å². The van der Waals surface area contributed by atoms with E-state index >= 15 is 0 Å². The lowest BCUT2D eigenvalue weighted by molar-refractivity contribution is 0.160. The van der Waals surface area contributed by atoms with Crippen LogP contribution in [-0.4, -0.2) is 34.2 Å². The maximum atomic E-state index is 9.12. The normalized spacial score (nSPS) is 11.6. The summed E-state index contributed by atoms with van der Waals surface area (Å²) < 4.78 is 0. The van der Waals surface area contributed by atoms with Crippen molar-refractivity contribution >= 4 is 10.9 Å². The number of rotatable bonds is 5. The van der Waals surface area contributed by atoms with Gasteiger partial charge in [0, 0.05) is 30.7 Å². The summed E-state index contributed by atoms with van der Waals surface area (Å²) in [6.07, 6.45) is 1.86. The van der Waals surface area contributed by atoms with Crippen LogP contribution in [0.3, 0.4) is 0 Å². The van der Waals surface area contributed by atoms with Crippen LogP contribution in [0, 0.1) is 0 Å². The topological polar surface area (TPSA) is 36.4 Å². The molecule has 1 N–H and O–H groups in total. The average molecular weight is 244 g/mol. The first-order valence-electron chi connectivity index (χ1n) is 6.40. The molecule has 0 unspecified atom stereocenters. The van der Waals surface area contributed by atoms with Gasteiger partial charge in [-0.05, 0) is 31.5 Å². The molecule has 0 amide bonds. The van der Waals surface area contributed by atoms with Gasteiger partial charge in [-0.25, -0.2) is 0 Å². The Bertz CT molecular complexity index is 505. The summed E-state index contributed by atoms with van der Waals surface area (Å²) in [5, 5.41) is 10.3. The van der Waals surface area contributed by atoms with Crippen LogP contribution in [0.5, 0.6) is 0 Å². The van der Waals surface area contributed by atoms with Crippen LogP contribution < -0.4 is 0 Å². The van der Waals surface area contributed by atoms with Crippen LogP contribution in [0.1, 0.15) is 19.4 Å². The summed E-state index contributed by atoms with van der Waals surface area (Å²) >= 11 is 0. The SMILES string of the molecule is CC(C)N(CCO)Cc1ccnc2ccccc12. The summed E-state index contributed by atoms with van der Waals surface area (Å²) in [5.41, 5.74) is 2.30. The molecule has 0 aliphatic heterocycles. The molecule has 0 fully saturated rings. The fourth-order valence-electron chi connectivity index (χ4n) is 2.16. The van der Waals surface area contributed by atoms with Crippen LogP contribution in [0.4, 0.5) is 0 Å². The Labute approximate surface area is 108 Å². The Morgan fingerprint density at radius 1 is 1.22 bits per heavy atom. The van der Waals surface area contributed by atoms with Crippen LogP contribution >= 0.6 is 0 Å². The Balaban J connectivity index is 2.30. The first-order valence-corrected chi connectivity index (χ1v) is 6.40. The van der Waals surface area contributed by atoms with Crippen molar-refractivity contribution in [3.05, 3.63) is 42.1 Å². The predicted octanol–water partition coefficient (Wildman–Crippen LogP) is 2.44. The minimum absolute atomic E-state index is 0.196. The lowest BCUT2D eigenvalue weighted by atomic mass is 10.1. The fraction of sp³-hybridized carbons (Fsp3) is 0.400. The molecular formula is C15H20N2O. The highest BCUT2D eigenvalue weighted by molar-refractivity contribution is 5.81. The highest BCUT2D eigenvalue weighted by Crippen LogP contribution is 2.18. The quantitative estimate of drug-likeness (QED) is 0.877. The van der Waals surface area contributed by atoms with Crippen molar-refractivity contribution in [1.29, 1.82) is 0 Å². The zero-order chi connectivity index (χ0) is 13.0. The molecule has 1 aromatic heterocycles.